The Labute approximate surface area is 183 Å². The van der Waals surface area contributed by atoms with Gasteiger partial charge in [-0.05, 0) is 49.9 Å². The van der Waals surface area contributed by atoms with Crippen molar-refractivity contribution in [2.75, 3.05) is 31.1 Å². The monoisotopic (exact) mass is 468 g/mol. The van der Waals surface area contributed by atoms with Gasteiger partial charge in [-0.2, -0.15) is 0 Å². The Morgan fingerprint density at radius 1 is 1.13 bits per heavy atom. The molecule has 2 aliphatic rings. The fourth-order valence-corrected chi connectivity index (χ4v) is 10.4. The van der Waals surface area contributed by atoms with Crippen molar-refractivity contribution >= 4 is 31.0 Å². The SMILES string of the molecule is Cc1ccc(C(CN[C@H]2CS(=O)(=O)C[C@@H]2S(=O)(=O)c2cccs2)N2CCCC2)cc1. The molecule has 9 heteroatoms. The lowest BCUT2D eigenvalue weighted by Crippen LogP contribution is -2.46. The van der Waals surface area contributed by atoms with E-state index < -0.39 is 31.0 Å². The minimum Gasteiger partial charge on any atom is -0.310 e. The third-order valence-corrected chi connectivity index (χ3v) is 11.7. The van der Waals surface area contributed by atoms with E-state index in [-0.39, 0.29) is 21.8 Å². The van der Waals surface area contributed by atoms with Crippen LogP contribution in [-0.4, -0.2) is 64.2 Å². The van der Waals surface area contributed by atoms with E-state index >= 15 is 0 Å². The number of sulfone groups is 2. The van der Waals surface area contributed by atoms with Crippen LogP contribution in [0.5, 0.6) is 0 Å². The molecule has 3 atom stereocenters. The summed E-state index contributed by atoms with van der Waals surface area (Å²) >= 11 is 1.14. The summed E-state index contributed by atoms with van der Waals surface area (Å²) in [6.45, 7) is 4.58. The Kier molecular flexibility index (Phi) is 6.37. The first-order valence-electron chi connectivity index (χ1n) is 10.3. The van der Waals surface area contributed by atoms with Crippen molar-refractivity contribution in [1.29, 1.82) is 0 Å². The van der Waals surface area contributed by atoms with Crippen molar-refractivity contribution in [2.45, 2.75) is 41.3 Å². The quantitative estimate of drug-likeness (QED) is 0.672. The fourth-order valence-electron chi connectivity index (χ4n) is 4.45. The van der Waals surface area contributed by atoms with Crippen LogP contribution < -0.4 is 5.32 Å². The molecule has 2 fully saturated rings. The number of hydrogen-bond acceptors (Lipinski definition) is 7. The van der Waals surface area contributed by atoms with Crippen LogP contribution >= 0.6 is 11.3 Å². The van der Waals surface area contributed by atoms with Crippen molar-refractivity contribution in [3.05, 3.63) is 52.9 Å². The van der Waals surface area contributed by atoms with Gasteiger partial charge < -0.3 is 5.32 Å². The lowest BCUT2D eigenvalue weighted by molar-refractivity contribution is 0.234. The first kappa shape index (κ1) is 22.0. The highest BCUT2D eigenvalue weighted by Crippen LogP contribution is 2.30. The van der Waals surface area contributed by atoms with Gasteiger partial charge in [0.15, 0.2) is 19.7 Å². The Balaban J connectivity index is 1.56. The number of likely N-dealkylation sites (tertiary alicyclic amines) is 1. The topological polar surface area (TPSA) is 83.5 Å². The maximum absolute atomic E-state index is 13.1. The molecule has 0 bridgehead atoms. The van der Waals surface area contributed by atoms with Crippen LogP contribution in [0.1, 0.15) is 30.0 Å². The van der Waals surface area contributed by atoms with Crippen LogP contribution in [0.4, 0.5) is 0 Å². The highest BCUT2D eigenvalue weighted by atomic mass is 32.2. The van der Waals surface area contributed by atoms with Gasteiger partial charge in [-0.1, -0.05) is 35.9 Å². The molecule has 1 aromatic carbocycles. The Morgan fingerprint density at radius 2 is 1.83 bits per heavy atom. The average molecular weight is 469 g/mol. The van der Waals surface area contributed by atoms with E-state index in [1.54, 1.807) is 17.5 Å². The normalized spacial score (nSPS) is 25.5. The van der Waals surface area contributed by atoms with E-state index in [9.17, 15) is 16.8 Å². The number of rotatable bonds is 7. The summed E-state index contributed by atoms with van der Waals surface area (Å²) in [5, 5.41) is 4.11. The molecule has 0 spiro atoms. The molecule has 0 aliphatic carbocycles. The predicted molar refractivity (Wildman–Crippen MR) is 120 cm³/mol. The van der Waals surface area contributed by atoms with Crippen molar-refractivity contribution in [2.24, 2.45) is 0 Å². The second-order valence-electron chi connectivity index (χ2n) is 8.28. The zero-order valence-corrected chi connectivity index (χ0v) is 19.5. The van der Waals surface area contributed by atoms with Gasteiger partial charge >= 0.3 is 0 Å². The average Bonchev–Trinajstić information content (AvgIpc) is 3.44. The standard InChI is InChI=1S/C21H28N2O4S3/c1-16-6-8-17(9-7-16)19(23-10-2-3-11-23)13-22-18-14-29(24,25)15-20(18)30(26,27)21-5-4-12-28-21/h4-9,12,18-20,22H,2-3,10-11,13-15H2,1H3/t18-,19?,20-/m0/s1. The molecule has 1 N–H and O–H groups in total. The van der Waals surface area contributed by atoms with Crippen molar-refractivity contribution < 1.29 is 16.8 Å². The highest BCUT2D eigenvalue weighted by Gasteiger charge is 2.46. The molecule has 6 nitrogen and oxygen atoms in total. The van der Waals surface area contributed by atoms with Crippen LogP contribution in [0.25, 0.3) is 0 Å². The van der Waals surface area contributed by atoms with Crippen LogP contribution in [0.2, 0.25) is 0 Å². The highest BCUT2D eigenvalue weighted by molar-refractivity contribution is 7.97. The summed E-state index contributed by atoms with van der Waals surface area (Å²) in [5.74, 6) is -0.452. The van der Waals surface area contributed by atoms with E-state index in [2.05, 4.69) is 41.4 Å². The first-order chi connectivity index (χ1) is 14.3. The van der Waals surface area contributed by atoms with Gasteiger partial charge in [-0.15, -0.1) is 11.3 Å². The van der Waals surface area contributed by atoms with Crippen LogP contribution in [0.15, 0.2) is 46.0 Å². The van der Waals surface area contributed by atoms with Crippen LogP contribution in [-0.2, 0) is 19.7 Å². The van der Waals surface area contributed by atoms with Crippen molar-refractivity contribution in [3.63, 3.8) is 0 Å². The summed E-state index contributed by atoms with van der Waals surface area (Å²) in [7, 11) is -7.10. The molecular formula is C21H28N2O4S3. The van der Waals surface area contributed by atoms with E-state index in [0.717, 1.165) is 37.3 Å². The van der Waals surface area contributed by atoms with Crippen molar-refractivity contribution in [1.82, 2.24) is 10.2 Å². The first-order valence-corrected chi connectivity index (χ1v) is 14.5. The molecule has 2 aromatic rings. The molecule has 1 unspecified atom stereocenters. The molecule has 3 heterocycles. The Hall–Kier alpha value is -1.26. The molecule has 0 amide bonds. The molecule has 0 radical (unpaired) electrons. The zero-order valence-electron chi connectivity index (χ0n) is 17.0. The van der Waals surface area contributed by atoms with E-state index in [1.165, 1.54) is 11.1 Å². The molecule has 164 valence electrons. The van der Waals surface area contributed by atoms with Crippen molar-refractivity contribution in [3.8, 4) is 0 Å². The summed E-state index contributed by atoms with van der Waals surface area (Å²) in [6, 6.07) is 11.1. The molecule has 2 aliphatic heterocycles. The lowest BCUT2D eigenvalue weighted by atomic mass is 10.0. The van der Waals surface area contributed by atoms with E-state index in [1.807, 2.05) is 0 Å². The predicted octanol–water partition coefficient (Wildman–Crippen LogP) is 2.42. The number of aryl methyl sites for hydroxylation is 1. The summed E-state index contributed by atoms with van der Waals surface area (Å²) in [5.41, 5.74) is 2.37. The minimum atomic E-state index is -3.69. The minimum absolute atomic E-state index is 0.0986. The Bertz CT molecular complexity index is 1060. The third kappa shape index (κ3) is 4.65. The molecule has 2 saturated heterocycles. The van der Waals surface area contributed by atoms with Gasteiger partial charge in [0.1, 0.15) is 4.21 Å². The second kappa shape index (κ2) is 8.70. The molecule has 4 rings (SSSR count). The van der Waals surface area contributed by atoms with Gasteiger partial charge in [0.2, 0.25) is 0 Å². The summed E-state index contributed by atoms with van der Waals surface area (Å²) < 4.78 is 51.2. The van der Waals surface area contributed by atoms with Crippen LogP contribution in [0, 0.1) is 6.92 Å². The number of hydrogen-bond donors (Lipinski definition) is 1. The number of thiophene rings is 1. The molecule has 1 aromatic heterocycles. The lowest BCUT2D eigenvalue weighted by Gasteiger charge is -2.30. The largest absolute Gasteiger partial charge is 0.310 e. The second-order valence-corrected chi connectivity index (χ2v) is 13.8. The fraction of sp³-hybridized carbons (Fsp3) is 0.524. The summed E-state index contributed by atoms with van der Waals surface area (Å²) in [4.78, 5) is 2.41. The smallest absolute Gasteiger partial charge is 0.193 e. The van der Waals surface area contributed by atoms with Gasteiger partial charge in [-0.25, -0.2) is 16.8 Å². The third-order valence-electron chi connectivity index (χ3n) is 6.09. The van der Waals surface area contributed by atoms with Gasteiger partial charge in [0.25, 0.3) is 0 Å². The molecule has 30 heavy (non-hydrogen) atoms. The summed E-state index contributed by atoms with van der Waals surface area (Å²) in [6.07, 6.45) is 2.30. The van der Waals surface area contributed by atoms with Gasteiger partial charge in [-0.3, -0.25) is 4.90 Å². The molecular weight excluding hydrogens is 440 g/mol. The molecule has 0 saturated carbocycles. The number of benzene rings is 1. The zero-order chi connectivity index (χ0) is 21.4. The Morgan fingerprint density at radius 3 is 2.47 bits per heavy atom. The van der Waals surface area contributed by atoms with E-state index in [0.29, 0.717) is 6.54 Å². The maximum atomic E-state index is 13.1. The number of nitrogens with one attached hydrogen (secondary N) is 1. The van der Waals surface area contributed by atoms with E-state index in [4.69, 9.17) is 0 Å². The van der Waals surface area contributed by atoms with Crippen LogP contribution in [0.3, 0.4) is 0 Å². The van der Waals surface area contributed by atoms with Gasteiger partial charge in [0.05, 0.1) is 16.8 Å². The van der Waals surface area contributed by atoms with Gasteiger partial charge in [0, 0.05) is 18.6 Å². The maximum Gasteiger partial charge on any atom is 0.193 e. The number of nitrogens with zero attached hydrogens (tertiary/aromatic N) is 1.